The van der Waals surface area contributed by atoms with E-state index in [0.29, 0.717) is 5.57 Å². The van der Waals surface area contributed by atoms with Crippen molar-refractivity contribution in [1.29, 1.82) is 0 Å². The molecule has 3 heteroatoms. The molecule has 0 heterocycles. The molecular weight excluding hydrogens is 290 g/mol. The third kappa shape index (κ3) is 5.27. The van der Waals surface area contributed by atoms with Crippen LogP contribution in [0.15, 0.2) is 96.4 Å². The van der Waals surface area contributed by atoms with E-state index in [4.69, 9.17) is 0 Å². The molecule has 0 aliphatic heterocycles. The van der Waals surface area contributed by atoms with Gasteiger partial charge in [0.1, 0.15) is 0 Å². The number of rotatable bonds is 2. The maximum absolute atomic E-state index is 11.6. The molecule has 2 nitrogen and oxygen atoms in total. The standard InChI is InChI=1S/C12H11NO.C5H5.Fe/c14-12(10-6-4-5-7-10)13-11-8-2-1-3-9-11;1-2-4-5-3-1;/h1-9,13-14H;1-5H;/q;-1;+2/p-1. The summed E-state index contributed by atoms with van der Waals surface area (Å²) in [5.41, 5.74) is 1.51. The average molecular weight is 305 g/mol. The Bertz CT molecular complexity index is 537. The Hall–Kier alpha value is -2.09. The molecule has 2 aromatic carbocycles. The molecule has 1 aliphatic rings. The topological polar surface area (TPSA) is 35.1 Å². The van der Waals surface area contributed by atoms with Crippen LogP contribution in [0.1, 0.15) is 0 Å². The van der Waals surface area contributed by atoms with Crippen LogP contribution in [0, 0.1) is 0 Å². The molecule has 0 saturated heterocycles. The van der Waals surface area contributed by atoms with Crippen molar-refractivity contribution >= 4 is 5.69 Å². The number of para-hydroxylation sites is 1. The van der Waals surface area contributed by atoms with Crippen LogP contribution in [0.4, 0.5) is 5.69 Å². The second-order valence-corrected chi connectivity index (χ2v) is 3.96. The molecule has 0 unspecified atom stereocenters. The molecule has 1 aliphatic carbocycles. The zero-order valence-electron chi connectivity index (χ0n) is 10.8. The summed E-state index contributed by atoms with van der Waals surface area (Å²) in [6.45, 7) is 0. The Balaban J connectivity index is 0.000000283. The van der Waals surface area contributed by atoms with Gasteiger partial charge in [0.05, 0.1) is 0 Å². The fourth-order valence-corrected chi connectivity index (χ4v) is 1.57. The van der Waals surface area contributed by atoms with Crippen LogP contribution in [-0.4, -0.2) is 0 Å². The van der Waals surface area contributed by atoms with Crippen molar-refractivity contribution in [3.8, 4) is 0 Å². The molecule has 1 N–H and O–H groups in total. The third-order valence-corrected chi connectivity index (χ3v) is 2.51. The molecule has 3 rings (SSSR count). The minimum absolute atomic E-state index is 0. The molecule has 0 atom stereocenters. The van der Waals surface area contributed by atoms with Crippen molar-refractivity contribution in [3.05, 3.63) is 96.4 Å². The van der Waals surface area contributed by atoms with Crippen molar-refractivity contribution in [3.63, 3.8) is 0 Å². The van der Waals surface area contributed by atoms with Gasteiger partial charge in [-0.25, -0.2) is 12.1 Å². The predicted molar refractivity (Wildman–Crippen MR) is 77.4 cm³/mol. The van der Waals surface area contributed by atoms with Gasteiger partial charge < -0.3 is 10.4 Å². The monoisotopic (exact) mass is 305 g/mol. The molecule has 0 spiro atoms. The second-order valence-electron chi connectivity index (χ2n) is 3.96. The molecule has 0 radical (unpaired) electrons. The number of allylic oxidation sites excluding steroid dienone is 5. The van der Waals surface area contributed by atoms with Crippen LogP contribution in [-0.2, 0) is 17.1 Å². The van der Waals surface area contributed by atoms with Gasteiger partial charge in [-0.05, 0) is 23.6 Å². The van der Waals surface area contributed by atoms with Crippen molar-refractivity contribution < 1.29 is 22.2 Å². The van der Waals surface area contributed by atoms with Gasteiger partial charge >= 0.3 is 17.1 Å². The maximum Gasteiger partial charge on any atom is 2.00 e. The summed E-state index contributed by atoms with van der Waals surface area (Å²) in [4.78, 5) is 0. The SMILES string of the molecule is [Fe+2].[O-]C(Nc1ccccc1)=C1C=CC=C1.c1cc[cH-]c1. The Labute approximate surface area is 130 Å². The molecular formula is C17H15FeNO. The molecule has 20 heavy (non-hydrogen) atoms. The first-order chi connectivity index (χ1) is 9.36. The Kier molecular flexibility index (Phi) is 7.12. The molecule has 0 aromatic heterocycles. The van der Waals surface area contributed by atoms with Gasteiger partial charge in [-0.3, -0.25) is 0 Å². The molecule has 0 bridgehead atoms. The fourth-order valence-electron chi connectivity index (χ4n) is 1.57. The minimum Gasteiger partial charge on any atom is -0.860 e. The van der Waals surface area contributed by atoms with Crippen LogP contribution in [0.25, 0.3) is 0 Å². The number of anilines is 1. The zero-order chi connectivity index (χ0) is 13.3. The third-order valence-electron chi connectivity index (χ3n) is 2.51. The van der Waals surface area contributed by atoms with E-state index in [1.807, 2.05) is 72.8 Å². The summed E-state index contributed by atoms with van der Waals surface area (Å²) in [6, 6.07) is 19.4. The first-order valence-electron chi connectivity index (χ1n) is 6.11. The molecule has 0 saturated carbocycles. The molecule has 102 valence electrons. The van der Waals surface area contributed by atoms with E-state index in [-0.39, 0.29) is 23.0 Å². The van der Waals surface area contributed by atoms with Gasteiger partial charge in [0.15, 0.2) is 0 Å². The van der Waals surface area contributed by atoms with Crippen LogP contribution in [0.2, 0.25) is 0 Å². The fraction of sp³-hybridized carbons (Fsp3) is 0. The number of hydrogen-bond acceptors (Lipinski definition) is 2. The van der Waals surface area contributed by atoms with E-state index >= 15 is 0 Å². The Morgan fingerprint density at radius 3 is 2.00 bits per heavy atom. The summed E-state index contributed by atoms with van der Waals surface area (Å²) in [5, 5.41) is 14.4. The summed E-state index contributed by atoms with van der Waals surface area (Å²) in [7, 11) is 0. The summed E-state index contributed by atoms with van der Waals surface area (Å²) < 4.78 is 0. The number of nitrogens with one attached hydrogen (secondary N) is 1. The number of hydrogen-bond donors (Lipinski definition) is 1. The van der Waals surface area contributed by atoms with Crippen LogP contribution < -0.4 is 10.4 Å². The van der Waals surface area contributed by atoms with Gasteiger partial charge in [0, 0.05) is 5.69 Å². The minimum atomic E-state index is -0.0683. The van der Waals surface area contributed by atoms with E-state index in [1.54, 1.807) is 12.2 Å². The van der Waals surface area contributed by atoms with Crippen LogP contribution >= 0.6 is 0 Å². The maximum atomic E-state index is 11.6. The first-order valence-corrected chi connectivity index (χ1v) is 6.11. The van der Waals surface area contributed by atoms with Gasteiger partial charge in [0.2, 0.25) is 0 Å². The molecule has 0 fully saturated rings. The summed E-state index contributed by atoms with van der Waals surface area (Å²) >= 11 is 0. The Morgan fingerprint density at radius 1 is 0.900 bits per heavy atom. The van der Waals surface area contributed by atoms with Crippen molar-refractivity contribution in [1.82, 2.24) is 0 Å². The largest absolute Gasteiger partial charge is 2.00 e. The van der Waals surface area contributed by atoms with Gasteiger partial charge in [-0.2, -0.15) is 18.2 Å². The van der Waals surface area contributed by atoms with Gasteiger partial charge in [0.25, 0.3) is 0 Å². The molecule has 0 amide bonds. The average Bonchev–Trinajstić information content (AvgIpc) is 3.16. The zero-order valence-corrected chi connectivity index (χ0v) is 11.9. The first kappa shape index (κ1) is 16.0. The van der Waals surface area contributed by atoms with Gasteiger partial charge in [-0.15, -0.1) is 0 Å². The van der Waals surface area contributed by atoms with E-state index in [0.717, 1.165) is 5.69 Å². The second kappa shape index (κ2) is 8.92. The van der Waals surface area contributed by atoms with E-state index in [1.165, 1.54) is 0 Å². The van der Waals surface area contributed by atoms with E-state index in [2.05, 4.69) is 5.32 Å². The molecule has 2 aromatic rings. The Morgan fingerprint density at radius 2 is 1.50 bits per heavy atom. The van der Waals surface area contributed by atoms with Crippen LogP contribution in [0.5, 0.6) is 0 Å². The van der Waals surface area contributed by atoms with Crippen molar-refractivity contribution in [2.45, 2.75) is 0 Å². The van der Waals surface area contributed by atoms with E-state index in [9.17, 15) is 5.11 Å². The normalized spacial score (nSPS) is 11.3. The van der Waals surface area contributed by atoms with Crippen molar-refractivity contribution in [2.75, 3.05) is 5.32 Å². The summed E-state index contributed by atoms with van der Waals surface area (Å²) in [6.07, 6.45) is 7.27. The van der Waals surface area contributed by atoms with Crippen molar-refractivity contribution in [2.24, 2.45) is 0 Å². The predicted octanol–water partition coefficient (Wildman–Crippen LogP) is 3.20. The summed E-state index contributed by atoms with van der Waals surface area (Å²) in [5.74, 6) is -0.0683. The number of benzene rings is 1. The van der Waals surface area contributed by atoms with Crippen LogP contribution in [0.3, 0.4) is 0 Å². The smallest absolute Gasteiger partial charge is 0.860 e. The van der Waals surface area contributed by atoms with Gasteiger partial charge in [-0.1, -0.05) is 42.5 Å². The van der Waals surface area contributed by atoms with E-state index < -0.39 is 0 Å². The quantitative estimate of drug-likeness (QED) is 0.525.